The average Bonchev–Trinajstić information content (AvgIpc) is 3.19. The van der Waals surface area contributed by atoms with Gasteiger partial charge in [-0.2, -0.15) is 5.10 Å². The van der Waals surface area contributed by atoms with Gasteiger partial charge < -0.3 is 14.8 Å². The number of rotatable bonds is 8. The molecule has 3 rings (SSSR count). The second-order valence-electron chi connectivity index (χ2n) is 6.13. The van der Waals surface area contributed by atoms with Crippen LogP contribution in [0.3, 0.4) is 0 Å². The van der Waals surface area contributed by atoms with E-state index in [4.69, 9.17) is 21.1 Å². The lowest BCUT2D eigenvalue weighted by Gasteiger charge is -2.11. The summed E-state index contributed by atoms with van der Waals surface area (Å²) >= 11 is 7.72. The fraction of sp³-hybridized carbons (Fsp3) is 0.190. The van der Waals surface area contributed by atoms with E-state index in [-0.39, 0.29) is 5.91 Å². The fourth-order valence-electron chi connectivity index (χ4n) is 2.65. The van der Waals surface area contributed by atoms with Crippen LogP contribution in [-0.4, -0.2) is 30.8 Å². The molecular weight excluding hydrogens is 424 g/mol. The first-order valence-electron chi connectivity index (χ1n) is 9.13. The van der Waals surface area contributed by atoms with Crippen LogP contribution in [0, 0.1) is 0 Å². The minimum absolute atomic E-state index is 0.104. The molecule has 156 valence electrons. The van der Waals surface area contributed by atoms with Crippen LogP contribution in [0.5, 0.6) is 11.5 Å². The molecule has 3 aromatic rings. The summed E-state index contributed by atoms with van der Waals surface area (Å²) in [6.45, 7) is 3.85. The fourth-order valence-corrected chi connectivity index (χ4v) is 3.59. The normalized spacial score (nSPS) is 10.8. The maximum atomic E-state index is 11.1. The Hall–Kier alpha value is -3.10. The van der Waals surface area contributed by atoms with Gasteiger partial charge in [-0.3, -0.25) is 10.2 Å². The molecular formula is C21H21ClN4O3S. The molecule has 0 unspecified atom stereocenters. The summed E-state index contributed by atoms with van der Waals surface area (Å²) in [4.78, 5) is 15.6. The topological polar surface area (TPSA) is 84.8 Å². The number of hydrogen-bond donors (Lipinski definition) is 2. The van der Waals surface area contributed by atoms with Crippen molar-refractivity contribution >= 4 is 45.9 Å². The van der Waals surface area contributed by atoms with Gasteiger partial charge in [0.2, 0.25) is 11.0 Å². The van der Waals surface area contributed by atoms with Crippen molar-refractivity contribution in [2.75, 3.05) is 24.5 Å². The summed E-state index contributed by atoms with van der Waals surface area (Å²) in [5, 5.41) is 10.0. The Kier molecular flexibility index (Phi) is 7.26. The van der Waals surface area contributed by atoms with E-state index in [2.05, 4.69) is 20.8 Å². The van der Waals surface area contributed by atoms with Crippen LogP contribution >= 0.6 is 22.9 Å². The highest BCUT2D eigenvalue weighted by Crippen LogP contribution is 2.36. The number of carbonyl (C=O) groups excluding carboxylic acids is 1. The van der Waals surface area contributed by atoms with Crippen molar-refractivity contribution < 1.29 is 14.3 Å². The van der Waals surface area contributed by atoms with Crippen molar-refractivity contribution in [2.45, 2.75) is 13.8 Å². The monoisotopic (exact) mass is 444 g/mol. The van der Waals surface area contributed by atoms with Gasteiger partial charge in [0.25, 0.3) is 0 Å². The number of hydrazone groups is 1. The van der Waals surface area contributed by atoms with Crippen LogP contribution in [-0.2, 0) is 4.79 Å². The molecule has 9 heteroatoms. The zero-order chi connectivity index (χ0) is 21.5. The van der Waals surface area contributed by atoms with Crippen LogP contribution in [0.4, 0.5) is 10.8 Å². The predicted molar refractivity (Wildman–Crippen MR) is 122 cm³/mol. The molecule has 1 amide bonds. The third-order valence-electron chi connectivity index (χ3n) is 3.92. The average molecular weight is 445 g/mol. The largest absolute Gasteiger partial charge is 0.493 e. The van der Waals surface area contributed by atoms with Crippen molar-refractivity contribution in [1.82, 2.24) is 4.98 Å². The Morgan fingerprint density at radius 3 is 2.73 bits per heavy atom. The number of anilines is 2. The molecule has 0 fully saturated rings. The number of nitrogens with zero attached hydrogens (tertiary/aromatic N) is 2. The maximum Gasteiger partial charge on any atom is 0.221 e. The van der Waals surface area contributed by atoms with Crippen LogP contribution < -0.4 is 20.2 Å². The number of amides is 1. The van der Waals surface area contributed by atoms with E-state index in [0.717, 1.165) is 22.5 Å². The molecule has 7 nitrogen and oxygen atoms in total. The van der Waals surface area contributed by atoms with Gasteiger partial charge in [0.1, 0.15) is 0 Å². The molecule has 0 atom stereocenters. The summed E-state index contributed by atoms with van der Waals surface area (Å²) in [7, 11) is 1.56. The summed E-state index contributed by atoms with van der Waals surface area (Å²) in [5.41, 5.74) is 6.19. The van der Waals surface area contributed by atoms with Gasteiger partial charge in [-0.1, -0.05) is 23.7 Å². The molecule has 2 N–H and O–H groups in total. The quantitative estimate of drug-likeness (QED) is 0.365. The third-order valence-corrected chi connectivity index (χ3v) is 4.95. The van der Waals surface area contributed by atoms with Crippen molar-refractivity contribution in [3.63, 3.8) is 0 Å². The van der Waals surface area contributed by atoms with Crippen molar-refractivity contribution in [2.24, 2.45) is 5.10 Å². The van der Waals surface area contributed by atoms with Gasteiger partial charge >= 0.3 is 0 Å². The van der Waals surface area contributed by atoms with Gasteiger partial charge in [-0.25, -0.2) is 4.98 Å². The van der Waals surface area contributed by atoms with Crippen molar-refractivity contribution in [1.29, 1.82) is 0 Å². The van der Waals surface area contributed by atoms with Crippen LogP contribution in [0.15, 0.2) is 46.9 Å². The van der Waals surface area contributed by atoms with Crippen molar-refractivity contribution in [3.05, 3.63) is 52.4 Å². The van der Waals surface area contributed by atoms with Crippen LogP contribution in [0.2, 0.25) is 5.02 Å². The van der Waals surface area contributed by atoms with Gasteiger partial charge in [0.05, 0.1) is 30.6 Å². The summed E-state index contributed by atoms with van der Waals surface area (Å²) in [5.74, 6) is 0.957. The number of methoxy groups -OCH3 is 1. The molecule has 0 saturated carbocycles. The molecule has 0 aliphatic carbocycles. The van der Waals surface area contributed by atoms with Gasteiger partial charge in [-0.15, -0.1) is 11.3 Å². The number of ether oxygens (including phenoxy) is 2. The first-order chi connectivity index (χ1) is 14.5. The molecule has 30 heavy (non-hydrogen) atoms. The Morgan fingerprint density at radius 1 is 1.30 bits per heavy atom. The SMILES string of the molecule is CCOc1c(Cl)cc(/C=N\Nc2nc(-c3ccc(NC(C)=O)cc3)cs2)cc1OC. The van der Waals surface area contributed by atoms with Gasteiger partial charge in [0.15, 0.2) is 11.5 Å². The lowest BCUT2D eigenvalue weighted by atomic mass is 10.1. The molecule has 0 spiro atoms. The van der Waals surface area contributed by atoms with E-state index < -0.39 is 0 Å². The molecule has 0 bridgehead atoms. The second kappa shape index (κ2) is 10.1. The molecule has 0 radical (unpaired) electrons. The highest BCUT2D eigenvalue weighted by molar-refractivity contribution is 7.14. The van der Waals surface area contributed by atoms with Crippen molar-refractivity contribution in [3.8, 4) is 22.8 Å². The van der Waals surface area contributed by atoms with Crippen LogP contribution in [0.25, 0.3) is 11.3 Å². The maximum absolute atomic E-state index is 11.1. The lowest BCUT2D eigenvalue weighted by molar-refractivity contribution is -0.114. The van der Waals surface area contributed by atoms with E-state index in [1.165, 1.54) is 18.3 Å². The highest BCUT2D eigenvalue weighted by atomic mass is 35.5. The molecule has 0 saturated heterocycles. The predicted octanol–water partition coefficient (Wildman–Crippen LogP) is 5.28. The number of halogens is 1. The minimum Gasteiger partial charge on any atom is -0.493 e. The number of carbonyl (C=O) groups is 1. The molecule has 1 aromatic heterocycles. The van der Waals surface area contributed by atoms with E-state index >= 15 is 0 Å². The molecule has 2 aromatic carbocycles. The lowest BCUT2D eigenvalue weighted by Crippen LogP contribution is -2.05. The molecule has 0 aliphatic heterocycles. The molecule has 0 aliphatic rings. The Labute approximate surface area is 183 Å². The van der Waals surface area contributed by atoms with E-state index in [1.807, 2.05) is 36.6 Å². The van der Waals surface area contributed by atoms with E-state index in [0.29, 0.717) is 28.3 Å². The van der Waals surface area contributed by atoms with Gasteiger partial charge in [-0.05, 0) is 36.8 Å². The zero-order valence-corrected chi connectivity index (χ0v) is 18.3. The number of hydrogen-bond acceptors (Lipinski definition) is 7. The highest BCUT2D eigenvalue weighted by Gasteiger charge is 2.11. The minimum atomic E-state index is -0.104. The Bertz CT molecular complexity index is 1050. The number of thiazole rings is 1. The first kappa shape index (κ1) is 21.6. The Balaban J connectivity index is 1.67. The number of nitrogens with one attached hydrogen (secondary N) is 2. The first-order valence-corrected chi connectivity index (χ1v) is 10.4. The van der Waals surface area contributed by atoms with Gasteiger partial charge in [0, 0.05) is 23.6 Å². The number of benzene rings is 2. The summed E-state index contributed by atoms with van der Waals surface area (Å²) < 4.78 is 10.9. The Morgan fingerprint density at radius 2 is 2.07 bits per heavy atom. The van der Waals surface area contributed by atoms with Crippen LogP contribution in [0.1, 0.15) is 19.4 Å². The van der Waals surface area contributed by atoms with E-state index in [9.17, 15) is 4.79 Å². The summed E-state index contributed by atoms with van der Waals surface area (Å²) in [6, 6.07) is 11.0. The third kappa shape index (κ3) is 5.49. The second-order valence-corrected chi connectivity index (χ2v) is 7.40. The standard InChI is InChI=1S/C21H21ClN4O3S/c1-4-29-20-17(22)9-14(10-19(20)28-3)11-23-26-21-25-18(12-30-21)15-5-7-16(8-6-15)24-13(2)27/h5-12H,4H2,1-3H3,(H,24,27)(H,25,26)/b23-11-. The molecule has 1 heterocycles. The smallest absolute Gasteiger partial charge is 0.221 e. The summed E-state index contributed by atoms with van der Waals surface area (Å²) in [6.07, 6.45) is 1.63. The van der Waals surface area contributed by atoms with E-state index in [1.54, 1.807) is 25.5 Å². The zero-order valence-electron chi connectivity index (χ0n) is 16.7. The number of aromatic nitrogens is 1.